The number of hydrogen-bond donors (Lipinski definition) is 2. The van der Waals surface area contributed by atoms with Crippen molar-refractivity contribution in [1.29, 1.82) is 0 Å². The number of halogens is 4. The quantitative estimate of drug-likeness (QED) is 0.460. The fourth-order valence-electron chi connectivity index (χ4n) is 4.18. The van der Waals surface area contributed by atoms with E-state index in [0.717, 1.165) is 41.4 Å². The smallest absolute Gasteiger partial charge is 0.411 e. The molecular formula is C25H25F4N3O6S. The maximum atomic E-state index is 13.6. The number of anilines is 2. The molecule has 2 amide bonds. The third-order valence-electron chi connectivity index (χ3n) is 6.93. The normalized spacial score (nSPS) is 19.9. The van der Waals surface area contributed by atoms with Gasteiger partial charge in [0.05, 0.1) is 23.7 Å². The zero-order valence-corrected chi connectivity index (χ0v) is 21.3. The summed E-state index contributed by atoms with van der Waals surface area (Å²) < 4.78 is 91.7. The van der Waals surface area contributed by atoms with Crippen LogP contribution in [-0.4, -0.2) is 52.4 Å². The second-order valence-corrected chi connectivity index (χ2v) is 11.8. The van der Waals surface area contributed by atoms with Crippen LogP contribution in [0.1, 0.15) is 25.7 Å². The van der Waals surface area contributed by atoms with Crippen LogP contribution in [0.2, 0.25) is 0 Å². The standard InChI is InChI=1S/C25H25F4N3O6S/c26-16-3-6-19(7-4-16)39(35,36)32-13-18(12-30-22(33)15-1-2-15)38-21-8-5-17(11-20(21)32)31-23(34)37-14-24(9-10-24)25(27,28)29/h3-8,11,15,18H,1-2,9-10,12-14H2,(H,30,33)(H,31,34)/t18-/m0/s1. The van der Waals surface area contributed by atoms with Gasteiger partial charge in [-0.1, -0.05) is 0 Å². The first-order valence-electron chi connectivity index (χ1n) is 12.3. The number of nitrogens with zero attached hydrogens (tertiary/aromatic N) is 1. The lowest BCUT2D eigenvalue weighted by Crippen LogP contribution is -2.48. The summed E-state index contributed by atoms with van der Waals surface area (Å²) >= 11 is 0. The fraction of sp³-hybridized carbons (Fsp3) is 0.440. The van der Waals surface area contributed by atoms with Crippen molar-refractivity contribution in [2.45, 2.75) is 42.9 Å². The van der Waals surface area contributed by atoms with Crippen LogP contribution >= 0.6 is 0 Å². The molecule has 14 heteroatoms. The van der Waals surface area contributed by atoms with Gasteiger partial charge in [-0.05, 0) is 68.1 Å². The molecule has 1 atom stereocenters. The van der Waals surface area contributed by atoms with Crippen LogP contribution < -0.4 is 19.7 Å². The molecular weight excluding hydrogens is 546 g/mol. The first kappa shape index (κ1) is 27.0. The fourth-order valence-corrected chi connectivity index (χ4v) is 5.68. The summed E-state index contributed by atoms with van der Waals surface area (Å²) in [7, 11) is -4.25. The summed E-state index contributed by atoms with van der Waals surface area (Å²) in [6, 6.07) is 8.28. The first-order chi connectivity index (χ1) is 18.4. The number of hydrogen-bond acceptors (Lipinski definition) is 6. The van der Waals surface area contributed by atoms with Crippen LogP contribution in [0, 0.1) is 17.2 Å². The lowest BCUT2D eigenvalue weighted by atomic mass is 10.1. The van der Waals surface area contributed by atoms with Gasteiger partial charge in [-0.25, -0.2) is 17.6 Å². The molecule has 3 aliphatic rings. The summed E-state index contributed by atoms with van der Waals surface area (Å²) in [5.41, 5.74) is -1.94. The average molecular weight is 572 g/mol. The molecule has 1 heterocycles. The van der Waals surface area contributed by atoms with E-state index >= 15 is 0 Å². The molecule has 2 aromatic rings. The third-order valence-corrected chi connectivity index (χ3v) is 8.72. The minimum absolute atomic E-state index is 0.0378. The Morgan fingerprint density at radius 1 is 1.10 bits per heavy atom. The van der Waals surface area contributed by atoms with Gasteiger partial charge in [0, 0.05) is 11.6 Å². The van der Waals surface area contributed by atoms with E-state index in [4.69, 9.17) is 9.47 Å². The minimum atomic E-state index is -4.49. The second-order valence-electron chi connectivity index (χ2n) is 9.91. The number of ether oxygens (including phenoxy) is 2. The van der Waals surface area contributed by atoms with E-state index in [0.29, 0.717) is 0 Å². The van der Waals surface area contributed by atoms with Crippen LogP contribution in [0.4, 0.5) is 33.7 Å². The van der Waals surface area contributed by atoms with Gasteiger partial charge in [0.25, 0.3) is 10.0 Å². The first-order valence-corrected chi connectivity index (χ1v) is 13.7. The van der Waals surface area contributed by atoms with E-state index in [9.17, 15) is 35.6 Å². The zero-order valence-electron chi connectivity index (χ0n) is 20.5. The Morgan fingerprint density at radius 2 is 1.79 bits per heavy atom. The third kappa shape index (κ3) is 5.75. The summed E-state index contributed by atoms with van der Waals surface area (Å²) in [5.74, 6) is -0.695. The van der Waals surface area contributed by atoms with Crippen molar-refractivity contribution in [1.82, 2.24) is 5.32 Å². The molecule has 210 valence electrons. The van der Waals surface area contributed by atoms with Gasteiger partial charge < -0.3 is 14.8 Å². The van der Waals surface area contributed by atoms with E-state index < -0.39 is 46.2 Å². The van der Waals surface area contributed by atoms with Crippen LogP contribution in [0.3, 0.4) is 0 Å². The molecule has 2 N–H and O–H groups in total. The van der Waals surface area contributed by atoms with Crippen molar-refractivity contribution < 1.29 is 45.0 Å². The van der Waals surface area contributed by atoms with Crippen LogP contribution in [-0.2, 0) is 19.6 Å². The van der Waals surface area contributed by atoms with Crippen molar-refractivity contribution >= 4 is 33.4 Å². The Hall–Kier alpha value is -3.55. The number of carbonyl (C=O) groups is 2. The molecule has 2 saturated carbocycles. The van der Waals surface area contributed by atoms with Crippen molar-refractivity contribution in [2.75, 3.05) is 29.3 Å². The molecule has 2 fully saturated rings. The number of rotatable bonds is 8. The molecule has 0 saturated heterocycles. The van der Waals surface area contributed by atoms with Crippen LogP contribution in [0.15, 0.2) is 47.4 Å². The number of sulfonamides is 1. The summed E-state index contributed by atoms with van der Waals surface area (Å²) in [6.45, 7) is -0.993. The maximum Gasteiger partial charge on any atom is 0.411 e. The van der Waals surface area contributed by atoms with Gasteiger partial charge in [-0.2, -0.15) is 13.2 Å². The summed E-state index contributed by atoms with van der Waals surface area (Å²) in [4.78, 5) is 24.1. The molecule has 0 bridgehead atoms. The van der Waals surface area contributed by atoms with E-state index in [-0.39, 0.29) is 59.8 Å². The number of nitrogens with one attached hydrogen (secondary N) is 2. The molecule has 0 unspecified atom stereocenters. The van der Waals surface area contributed by atoms with Crippen LogP contribution in [0.25, 0.3) is 0 Å². The highest BCUT2D eigenvalue weighted by molar-refractivity contribution is 7.92. The largest absolute Gasteiger partial charge is 0.484 e. The topological polar surface area (TPSA) is 114 Å². The molecule has 2 aliphatic carbocycles. The Balaban J connectivity index is 1.36. The van der Waals surface area contributed by atoms with Gasteiger partial charge in [0.1, 0.15) is 29.7 Å². The maximum absolute atomic E-state index is 13.6. The van der Waals surface area contributed by atoms with Crippen molar-refractivity contribution in [3.63, 3.8) is 0 Å². The van der Waals surface area contributed by atoms with Gasteiger partial charge >= 0.3 is 12.3 Å². The summed E-state index contributed by atoms with van der Waals surface area (Å²) in [6.07, 6.45) is -5.04. The molecule has 9 nitrogen and oxygen atoms in total. The zero-order chi connectivity index (χ0) is 28.0. The van der Waals surface area contributed by atoms with Gasteiger partial charge in [-0.15, -0.1) is 0 Å². The molecule has 5 rings (SSSR count). The van der Waals surface area contributed by atoms with E-state index in [1.165, 1.54) is 18.2 Å². The minimum Gasteiger partial charge on any atom is -0.484 e. The second kappa shape index (κ2) is 9.88. The molecule has 1 aliphatic heterocycles. The van der Waals surface area contributed by atoms with E-state index in [2.05, 4.69) is 10.6 Å². The van der Waals surface area contributed by atoms with Crippen LogP contribution in [0.5, 0.6) is 5.75 Å². The van der Waals surface area contributed by atoms with E-state index in [1.54, 1.807) is 0 Å². The lowest BCUT2D eigenvalue weighted by molar-refractivity contribution is -0.196. The Labute approximate surface area is 221 Å². The highest BCUT2D eigenvalue weighted by atomic mass is 32.2. The SMILES string of the molecule is O=C(Nc1ccc2c(c1)N(S(=O)(=O)c1ccc(F)cc1)C[C@H](CNC(=O)C1CC1)O2)OCC1(C(F)(F)F)CC1. The van der Waals surface area contributed by atoms with E-state index in [1.807, 2.05) is 0 Å². The van der Waals surface area contributed by atoms with Crippen molar-refractivity contribution in [3.05, 3.63) is 48.3 Å². The van der Waals surface area contributed by atoms with Crippen molar-refractivity contribution in [3.8, 4) is 5.75 Å². The predicted octanol–water partition coefficient (Wildman–Crippen LogP) is 4.20. The van der Waals surface area contributed by atoms with Gasteiger partial charge in [0.15, 0.2) is 0 Å². The molecule has 0 radical (unpaired) electrons. The Bertz CT molecular complexity index is 1380. The Morgan fingerprint density at radius 3 is 2.41 bits per heavy atom. The van der Waals surface area contributed by atoms with Crippen molar-refractivity contribution in [2.24, 2.45) is 11.3 Å². The molecule has 0 aromatic heterocycles. The number of alkyl halides is 3. The predicted molar refractivity (Wildman–Crippen MR) is 130 cm³/mol. The number of amides is 2. The lowest BCUT2D eigenvalue weighted by Gasteiger charge is -2.35. The molecule has 2 aromatic carbocycles. The van der Waals surface area contributed by atoms with Gasteiger partial charge in [-0.3, -0.25) is 14.4 Å². The highest BCUT2D eigenvalue weighted by Crippen LogP contribution is 2.57. The average Bonchev–Trinajstić information content (AvgIpc) is 3.80. The number of benzene rings is 2. The monoisotopic (exact) mass is 571 g/mol. The molecule has 0 spiro atoms. The molecule has 39 heavy (non-hydrogen) atoms. The highest BCUT2D eigenvalue weighted by Gasteiger charge is 2.64. The van der Waals surface area contributed by atoms with Gasteiger partial charge in [0.2, 0.25) is 5.91 Å². The number of carbonyl (C=O) groups excluding carboxylic acids is 2. The number of fused-ring (bicyclic) bond motifs is 1. The Kier molecular flexibility index (Phi) is 6.85. The summed E-state index contributed by atoms with van der Waals surface area (Å²) in [5, 5.41) is 5.08.